The van der Waals surface area contributed by atoms with Gasteiger partial charge in [-0.15, -0.1) is 0 Å². The summed E-state index contributed by atoms with van der Waals surface area (Å²) in [5.41, 5.74) is 1.87. The molecule has 96 valence electrons. The van der Waals surface area contributed by atoms with Crippen molar-refractivity contribution < 1.29 is 9.15 Å². The van der Waals surface area contributed by atoms with Gasteiger partial charge >= 0.3 is 5.76 Å². The minimum Gasteiger partial charge on any atom is -0.501 e. The molecular weight excluding hydrogens is 232 g/mol. The topological polar surface area (TPSA) is 57.3 Å². The molecular formula is C13H16N2O3. The van der Waals surface area contributed by atoms with Gasteiger partial charge in [0.15, 0.2) is 11.2 Å². The molecule has 0 unspecified atom stereocenters. The predicted octanol–water partition coefficient (Wildman–Crippen LogP) is 2.31. The Bertz CT molecular complexity index is 610. The van der Waals surface area contributed by atoms with Crippen LogP contribution in [0.2, 0.25) is 0 Å². The van der Waals surface area contributed by atoms with Gasteiger partial charge in [0.05, 0.1) is 12.9 Å². The van der Waals surface area contributed by atoms with Crippen molar-refractivity contribution in [1.29, 1.82) is 0 Å². The Labute approximate surface area is 105 Å². The van der Waals surface area contributed by atoms with Gasteiger partial charge in [0.2, 0.25) is 0 Å². The van der Waals surface area contributed by atoms with Crippen molar-refractivity contribution in [2.24, 2.45) is 7.05 Å². The second-order valence-electron chi connectivity index (χ2n) is 4.04. The molecule has 0 N–H and O–H groups in total. The third-order valence-electron chi connectivity index (χ3n) is 2.62. The van der Waals surface area contributed by atoms with Crippen LogP contribution in [0.3, 0.4) is 0 Å². The monoisotopic (exact) mass is 248 g/mol. The summed E-state index contributed by atoms with van der Waals surface area (Å²) in [6.07, 6.45) is 7.26. The van der Waals surface area contributed by atoms with E-state index in [-0.39, 0.29) is 0 Å². The Morgan fingerprint density at radius 2 is 2.39 bits per heavy atom. The van der Waals surface area contributed by atoms with Crippen LogP contribution in [0, 0.1) is 0 Å². The molecule has 0 saturated heterocycles. The molecule has 0 saturated carbocycles. The first kappa shape index (κ1) is 12.4. The van der Waals surface area contributed by atoms with Gasteiger partial charge in [-0.3, -0.25) is 4.57 Å². The molecule has 5 heteroatoms. The van der Waals surface area contributed by atoms with Crippen LogP contribution >= 0.6 is 0 Å². The van der Waals surface area contributed by atoms with Crippen LogP contribution in [-0.4, -0.2) is 16.2 Å². The lowest BCUT2D eigenvalue weighted by Crippen LogP contribution is -2.08. The highest BCUT2D eigenvalue weighted by Crippen LogP contribution is 2.12. The van der Waals surface area contributed by atoms with Gasteiger partial charge in [-0.2, -0.15) is 0 Å². The van der Waals surface area contributed by atoms with E-state index in [4.69, 9.17) is 9.15 Å². The normalized spacial score (nSPS) is 11.4. The van der Waals surface area contributed by atoms with Crippen molar-refractivity contribution in [3.05, 3.63) is 34.6 Å². The number of hydrogen-bond donors (Lipinski definition) is 0. The largest absolute Gasteiger partial charge is 0.501 e. The molecule has 0 bridgehead atoms. The third-order valence-corrected chi connectivity index (χ3v) is 2.62. The van der Waals surface area contributed by atoms with E-state index in [1.807, 2.05) is 0 Å². The lowest BCUT2D eigenvalue weighted by molar-refractivity contribution is 0.246. The third kappa shape index (κ3) is 2.61. The molecule has 2 rings (SSSR count). The second kappa shape index (κ2) is 5.53. The number of oxazole rings is 1. The van der Waals surface area contributed by atoms with Crippen molar-refractivity contribution in [1.82, 2.24) is 9.55 Å². The van der Waals surface area contributed by atoms with Crippen LogP contribution < -0.4 is 5.76 Å². The fourth-order valence-electron chi connectivity index (χ4n) is 1.54. The Morgan fingerprint density at radius 3 is 3.17 bits per heavy atom. The van der Waals surface area contributed by atoms with Crippen molar-refractivity contribution >= 4 is 17.3 Å². The minimum atomic E-state index is -0.405. The number of aromatic nitrogens is 2. The maximum absolute atomic E-state index is 11.3. The first-order valence-corrected chi connectivity index (χ1v) is 5.96. The number of unbranched alkanes of at least 4 members (excludes halogenated alkanes) is 1. The molecule has 0 amide bonds. The van der Waals surface area contributed by atoms with Gasteiger partial charge in [0.1, 0.15) is 0 Å². The minimum absolute atomic E-state index is 0.405. The zero-order valence-corrected chi connectivity index (χ0v) is 10.5. The number of ether oxygens (including phenoxy) is 1. The molecule has 2 heterocycles. The average Bonchev–Trinajstić information content (AvgIpc) is 2.65. The van der Waals surface area contributed by atoms with Gasteiger partial charge in [0.25, 0.3) is 0 Å². The molecule has 0 aliphatic rings. The summed E-state index contributed by atoms with van der Waals surface area (Å²) in [7, 11) is 1.63. The van der Waals surface area contributed by atoms with Crippen molar-refractivity contribution in [3.63, 3.8) is 0 Å². The molecule has 0 aliphatic heterocycles. The maximum Gasteiger partial charge on any atom is 0.420 e. The average molecular weight is 248 g/mol. The van der Waals surface area contributed by atoms with E-state index in [1.54, 1.807) is 31.6 Å². The number of rotatable bonds is 5. The summed E-state index contributed by atoms with van der Waals surface area (Å²) in [4.78, 5) is 15.5. The highest BCUT2D eigenvalue weighted by Gasteiger charge is 2.06. The molecule has 0 fully saturated rings. The lowest BCUT2D eigenvalue weighted by Gasteiger charge is -1.97. The summed E-state index contributed by atoms with van der Waals surface area (Å²) < 4.78 is 11.7. The van der Waals surface area contributed by atoms with E-state index in [1.165, 1.54) is 4.57 Å². The Balaban J connectivity index is 2.13. The Hall–Kier alpha value is -2.04. The van der Waals surface area contributed by atoms with Gasteiger partial charge in [-0.1, -0.05) is 13.3 Å². The summed E-state index contributed by atoms with van der Waals surface area (Å²) in [6.45, 7) is 2.82. The van der Waals surface area contributed by atoms with Gasteiger partial charge in [0, 0.05) is 13.2 Å². The Kier molecular flexibility index (Phi) is 3.82. The first-order chi connectivity index (χ1) is 8.72. The zero-order chi connectivity index (χ0) is 13.0. The number of hydrogen-bond acceptors (Lipinski definition) is 4. The van der Waals surface area contributed by atoms with Crippen LogP contribution in [0.5, 0.6) is 0 Å². The van der Waals surface area contributed by atoms with E-state index in [0.717, 1.165) is 18.4 Å². The van der Waals surface area contributed by atoms with E-state index >= 15 is 0 Å². The van der Waals surface area contributed by atoms with E-state index < -0.39 is 5.76 Å². The van der Waals surface area contributed by atoms with Crippen LogP contribution in [0.1, 0.15) is 25.3 Å². The molecule has 0 radical (unpaired) electrons. The number of pyridine rings is 1. The standard InChI is InChI=1S/C13H16N2O3/c1-3-4-6-17-7-5-10-8-11-12(14-9-10)15(2)13(16)18-11/h5,7-9H,3-4,6H2,1-2H3/b7-5+. The first-order valence-electron chi connectivity index (χ1n) is 5.96. The van der Waals surface area contributed by atoms with E-state index in [9.17, 15) is 4.79 Å². The SMILES string of the molecule is CCCCO/C=C/c1cnc2c(c1)oc(=O)n2C. The molecule has 5 nitrogen and oxygen atoms in total. The van der Waals surface area contributed by atoms with E-state index in [2.05, 4.69) is 11.9 Å². The molecule has 2 aromatic heterocycles. The van der Waals surface area contributed by atoms with Crippen molar-refractivity contribution in [3.8, 4) is 0 Å². The number of aryl methyl sites for hydroxylation is 1. The van der Waals surface area contributed by atoms with Gasteiger partial charge < -0.3 is 9.15 Å². The summed E-state index contributed by atoms with van der Waals surface area (Å²) >= 11 is 0. The highest BCUT2D eigenvalue weighted by atomic mass is 16.5. The lowest BCUT2D eigenvalue weighted by atomic mass is 10.3. The van der Waals surface area contributed by atoms with Crippen molar-refractivity contribution in [2.45, 2.75) is 19.8 Å². The fourth-order valence-corrected chi connectivity index (χ4v) is 1.54. The van der Waals surface area contributed by atoms with Crippen LogP contribution in [-0.2, 0) is 11.8 Å². The fraction of sp³-hybridized carbons (Fsp3) is 0.385. The molecule has 0 aromatic carbocycles. The smallest absolute Gasteiger partial charge is 0.420 e. The van der Waals surface area contributed by atoms with Crippen molar-refractivity contribution in [2.75, 3.05) is 6.61 Å². The highest BCUT2D eigenvalue weighted by molar-refractivity contribution is 5.71. The second-order valence-corrected chi connectivity index (χ2v) is 4.04. The van der Waals surface area contributed by atoms with Crippen LogP contribution in [0.4, 0.5) is 0 Å². The van der Waals surface area contributed by atoms with Crippen LogP contribution in [0.25, 0.3) is 17.3 Å². The number of fused-ring (bicyclic) bond motifs is 1. The molecule has 0 atom stereocenters. The number of nitrogens with zero attached hydrogens (tertiary/aromatic N) is 2. The molecule has 18 heavy (non-hydrogen) atoms. The van der Waals surface area contributed by atoms with Gasteiger partial charge in [-0.25, -0.2) is 9.78 Å². The quantitative estimate of drug-likeness (QED) is 0.602. The molecule has 0 aliphatic carbocycles. The summed E-state index contributed by atoms with van der Waals surface area (Å²) in [5.74, 6) is -0.405. The van der Waals surface area contributed by atoms with Gasteiger partial charge in [-0.05, 0) is 24.1 Å². The van der Waals surface area contributed by atoms with E-state index in [0.29, 0.717) is 17.8 Å². The molecule has 0 spiro atoms. The molecule has 2 aromatic rings. The van der Waals surface area contributed by atoms with Crippen LogP contribution in [0.15, 0.2) is 27.7 Å². The maximum atomic E-state index is 11.3. The Morgan fingerprint density at radius 1 is 1.56 bits per heavy atom. The summed E-state index contributed by atoms with van der Waals surface area (Å²) in [5, 5.41) is 0. The predicted molar refractivity (Wildman–Crippen MR) is 69.1 cm³/mol. The zero-order valence-electron chi connectivity index (χ0n) is 10.5. The summed E-state index contributed by atoms with van der Waals surface area (Å²) in [6, 6.07) is 1.77.